The molecule has 1 N–H and O–H groups in total. The van der Waals surface area contributed by atoms with E-state index in [4.69, 9.17) is 0 Å². The highest BCUT2D eigenvalue weighted by molar-refractivity contribution is 5.80. The lowest BCUT2D eigenvalue weighted by Gasteiger charge is -2.20. The summed E-state index contributed by atoms with van der Waals surface area (Å²) >= 11 is 0. The summed E-state index contributed by atoms with van der Waals surface area (Å²) in [5.41, 5.74) is 0. The van der Waals surface area contributed by atoms with Crippen LogP contribution in [0.15, 0.2) is 0 Å². The summed E-state index contributed by atoms with van der Waals surface area (Å²) < 4.78 is 0. The average molecular weight is 179 g/mol. The van der Waals surface area contributed by atoms with E-state index >= 15 is 0 Å². The monoisotopic (exact) mass is 179 g/mol. The Kier molecular flexibility index (Phi) is 1.64. The van der Waals surface area contributed by atoms with Gasteiger partial charge in [0.05, 0.1) is 0 Å². The van der Waals surface area contributed by atoms with Crippen LogP contribution in [0, 0.1) is 17.8 Å². The number of hydrogen-bond donors (Lipinski definition) is 1. The standard InChI is InChI=1S/C11H17NO/c13-11(12-9-3-4-9)10-6-7-1-2-8(10)5-7/h7-10H,1-6H2,(H,12,13). The third-order valence-corrected chi connectivity index (χ3v) is 4.00. The van der Waals surface area contributed by atoms with E-state index in [0.29, 0.717) is 17.9 Å². The molecule has 13 heavy (non-hydrogen) atoms. The van der Waals surface area contributed by atoms with Crippen molar-refractivity contribution in [1.82, 2.24) is 5.32 Å². The lowest BCUT2D eigenvalue weighted by atomic mass is 9.88. The van der Waals surface area contributed by atoms with Crippen LogP contribution in [-0.4, -0.2) is 11.9 Å². The largest absolute Gasteiger partial charge is 0.353 e. The number of carbonyl (C=O) groups excluding carboxylic acids is 1. The molecule has 3 aliphatic rings. The van der Waals surface area contributed by atoms with Crippen LogP contribution in [0.5, 0.6) is 0 Å². The summed E-state index contributed by atoms with van der Waals surface area (Å²) in [4.78, 5) is 11.8. The topological polar surface area (TPSA) is 29.1 Å². The van der Waals surface area contributed by atoms with Crippen molar-refractivity contribution in [3.63, 3.8) is 0 Å². The predicted molar refractivity (Wildman–Crippen MR) is 50.1 cm³/mol. The van der Waals surface area contributed by atoms with Gasteiger partial charge in [0.1, 0.15) is 0 Å². The Morgan fingerprint density at radius 3 is 2.46 bits per heavy atom. The second kappa shape index (κ2) is 2.73. The minimum Gasteiger partial charge on any atom is -0.353 e. The van der Waals surface area contributed by atoms with Crippen LogP contribution < -0.4 is 5.32 Å². The molecule has 2 heteroatoms. The second-order valence-electron chi connectivity index (χ2n) is 5.06. The minimum atomic E-state index is 0.370. The average Bonchev–Trinajstić information content (AvgIpc) is 2.71. The quantitative estimate of drug-likeness (QED) is 0.687. The molecule has 1 amide bonds. The van der Waals surface area contributed by atoms with Crippen molar-refractivity contribution in [2.45, 2.75) is 44.6 Å². The van der Waals surface area contributed by atoms with Gasteiger partial charge >= 0.3 is 0 Å². The number of hydrogen-bond acceptors (Lipinski definition) is 1. The maximum atomic E-state index is 11.8. The summed E-state index contributed by atoms with van der Waals surface area (Å²) in [6, 6.07) is 0.548. The molecule has 72 valence electrons. The van der Waals surface area contributed by atoms with Gasteiger partial charge in [0.25, 0.3) is 0 Å². The van der Waals surface area contributed by atoms with Gasteiger partial charge < -0.3 is 5.32 Å². The SMILES string of the molecule is O=C(NC1CC1)C1CC2CCC1C2. The zero-order valence-corrected chi connectivity index (χ0v) is 7.96. The highest BCUT2D eigenvalue weighted by Gasteiger charge is 2.43. The molecule has 3 atom stereocenters. The van der Waals surface area contributed by atoms with Crippen LogP contribution in [0.1, 0.15) is 38.5 Å². The van der Waals surface area contributed by atoms with E-state index in [-0.39, 0.29) is 0 Å². The normalized spacial score (nSPS) is 42.3. The third-order valence-electron chi connectivity index (χ3n) is 4.00. The molecule has 2 nitrogen and oxygen atoms in total. The Morgan fingerprint density at radius 2 is 1.92 bits per heavy atom. The molecule has 0 aromatic heterocycles. The van der Waals surface area contributed by atoms with Crippen molar-refractivity contribution in [2.24, 2.45) is 17.8 Å². The Morgan fingerprint density at radius 1 is 1.08 bits per heavy atom. The molecule has 3 unspecified atom stereocenters. The highest BCUT2D eigenvalue weighted by Crippen LogP contribution is 2.48. The minimum absolute atomic E-state index is 0.370. The van der Waals surface area contributed by atoms with Crippen molar-refractivity contribution >= 4 is 5.91 Å². The first-order valence-electron chi connectivity index (χ1n) is 5.63. The number of fused-ring (bicyclic) bond motifs is 2. The van der Waals surface area contributed by atoms with Crippen LogP contribution in [0.3, 0.4) is 0 Å². The zero-order valence-electron chi connectivity index (χ0n) is 7.96. The first kappa shape index (κ1) is 7.84. The summed E-state index contributed by atoms with van der Waals surface area (Å²) in [5.74, 6) is 2.39. The van der Waals surface area contributed by atoms with Crippen molar-refractivity contribution in [1.29, 1.82) is 0 Å². The van der Waals surface area contributed by atoms with Gasteiger partial charge in [0, 0.05) is 12.0 Å². The van der Waals surface area contributed by atoms with Crippen LogP contribution in [0.25, 0.3) is 0 Å². The summed E-state index contributed by atoms with van der Waals surface area (Å²) in [6.45, 7) is 0. The van der Waals surface area contributed by atoms with Crippen molar-refractivity contribution in [3.05, 3.63) is 0 Å². The van der Waals surface area contributed by atoms with Crippen LogP contribution >= 0.6 is 0 Å². The third kappa shape index (κ3) is 1.36. The van der Waals surface area contributed by atoms with Gasteiger partial charge in [0.2, 0.25) is 5.91 Å². The van der Waals surface area contributed by atoms with E-state index in [0.717, 1.165) is 11.8 Å². The molecular formula is C11H17NO. The van der Waals surface area contributed by atoms with E-state index in [2.05, 4.69) is 5.32 Å². The van der Waals surface area contributed by atoms with Crippen LogP contribution in [0.2, 0.25) is 0 Å². The molecule has 0 aromatic carbocycles. The van der Waals surface area contributed by atoms with E-state index in [1.807, 2.05) is 0 Å². The summed E-state index contributed by atoms with van der Waals surface area (Å²) in [6.07, 6.45) is 7.65. The molecule has 3 aliphatic carbocycles. The molecule has 0 saturated heterocycles. The molecule has 0 radical (unpaired) electrons. The lowest BCUT2D eigenvalue weighted by molar-refractivity contribution is -0.126. The molecule has 0 spiro atoms. The van der Waals surface area contributed by atoms with Crippen molar-refractivity contribution in [2.75, 3.05) is 0 Å². The van der Waals surface area contributed by atoms with Gasteiger partial charge in [-0.15, -0.1) is 0 Å². The molecule has 2 bridgehead atoms. The molecule has 0 aromatic rings. The van der Waals surface area contributed by atoms with E-state index in [9.17, 15) is 4.79 Å². The predicted octanol–water partition coefficient (Wildman–Crippen LogP) is 1.70. The van der Waals surface area contributed by atoms with Gasteiger partial charge in [-0.2, -0.15) is 0 Å². The smallest absolute Gasteiger partial charge is 0.223 e. The highest BCUT2D eigenvalue weighted by atomic mass is 16.2. The molecule has 3 rings (SSSR count). The molecular weight excluding hydrogens is 162 g/mol. The van der Waals surface area contributed by atoms with Crippen LogP contribution in [0.4, 0.5) is 0 Å². The maximum absolute atomic E-state index is 11.8. The van der Waals surface area contributed by atoms with Crippen molar-refractivity contribution in [3.8, 4) is 0 Å². The number of amides is 1. The van der Waals surface area contributed by atoms with Crippen LogP contribution in [-0.2, 0) is 4.79 Å². The number of carbonyl (C=O) groups is 1. The van der Waals surface area contributed by atoms with E-state index in [1.54, 1.807) is 0 Å². The van der Waals surface area contributed by atoms with Gasteiger partial charge in [-0.3, -0.25) is 4.79 Å². The number of nitrogens with one attached hydrogen (secondary N) is 1. The van der Waals surface area contributed by atoms with Crippen molar-refractivity contribution < 1.29 is 4.79 Å². The Bertz CT molecular complexity index is 234. The zero-order chi connectivity index (χ0) is 8.84. The van der Waals surface area contributed by atoms with Gasteiger partial charge in [-0.05, 0) is 43.9 Å². The lowest BCUT2D eigenvalue weighted by Crippen LogP contribution is -2.34. The Hall–Kier alpha value is -0.530. The van der Waals surface area contributed by atoms with E-state index in [1.165, 1.54) is 38.5 Å². The fourth-order valence-corrected chi connectivity index (χ4v) is 3.10. The Labute approximate surface area is 79.1 Å². The molecule has 3 fully saturated rings. The van der Waals surface area contributed by atoms with Gasteiger partial charge in [-0.1, -0.05) is 6.42 Å². The fourth-order valence-electron chi connectivity index (χ4n) is 3.10. The summed E-state index contributed by atoms with van der Waals surface area (Å²) in [5, 5.41) is 3.14. The molecule has 0 heterocycles. The first-order chi connectivity index (χ1) is 6.33. The fraction of sp³-hybridized carbons (Fsp3) is 0.909. The summed E-state index contributed by atoms with van der Waals surface area (Å²) in [7, 11) is 0. The Balaban J connectivity index is 1.61. The molecule has 0 aliphatic heterocycles. The molecule has 3 saturated carbocycles. The number of rotatable bonds is 2. The van der Waals surface area contributed by atoms with Gasteiger partial charge in [-0.25, -0.2) is 0 Å². The maximum Gasteiger partial charge on any atom is 0.223 e. The van der Waals surface area contributed by atoms with E-state index < -0.39 is 0 Å². The first-order valence-corrected chi connectivity index (χ1v) is 5.63. The second-order valence-corrected chi connectivity index (χ2v) is 5.06. The van der Waals surface area contributed by atoms with Gasteiger partial charge in [0.15, 0.2) is 0 Å².